The molecule has 0 unspecified atom stereocenters. The van der Waals surface area contributed by atoms with E-state index in [0.29, 0.717) is 11.6 Å². The lowest BCUT2D eigenvalue weighted by molar-refractivity contribution is 0.201. The Kier molecular flexibility index (Phi) is 3.24. The number of halogens is 2. The second-order valence-electron chi connectivity index (χ2n) is 4.66. The van der Waals surface area contributed by atoms with Gasteiger partial charge in [-0.05, 0) is 51.4 Å². The number of likely N-dealkylation sites (tertiary alicyclic amines) is 1. The number of benzene rings is 1. The first-order chi connectivity index (χ1) is 7.59. The van der Waals surface area contributed by atoms with Gasteiger partial charge in [0.25, 0.3) is 0 Å². The van der Waals surface area contributed by atoms with Crippen LogP contribution in [0.5, 0.6) is 0 Å². The Labute approximate surface area is 95.1 Å². The third-order valence-corrected chi connectivity index (χ3v) is 3.27. The van der Waals surface area contributed by atoms with E-state index in [1.807, 2.05) is 0 Å². The predicted molar refractivity (Wildman–Crippen MR) is 60.2 cm³/mol. The highest BCUT2D eigenvalue weighted by Crippen LogP contribution is 2.34. The van der Waals surface area contributed by atoms with Crippen molar-refractivity contribution in [3.8, 4) is 0 Å². The molecule has 0 aliphatic carbocycles. The quantitative estimate of drug-likeness (QED) is 0.744. The molecule has 1 saturated heterocycles. The largest absolute Gasteiger partial charge is 0.294 e. The summed E-state index contributed by atoms with van der Waals surface area (Å²) in [6.45, 7) is 5.16. The lowest BCUT2D eigenvalue weighted by Crippen LogP contribution is -2.30. The highest BCUT2D eigenvalue weighted by atomic mass is 19.1. The minimum Gasteiger partial charge on any atom is -0.294 e. The summed E-state index contributed by atoms with van der Waals surface area (Å²) in [4.78, 5) is 2.23. The van der Waals surface area contributed by atoms with Crippen molar-refractivity contribution in [2.45, 2.75) is 38.8 Å². The number of nitrogens with zero attached hydrogens (tertiary/aromatic N) is 1. The van der Waals surface area contributed by atoms with Crippen LogP contribution in [-0.2, 0) is 0 Å². The van der Waals surface area contributed by atoms with Gasteiger partial charge in [0.15, 0.2) is 0 Å². The van der Waals surface area contributed by atoms with Crippen LogP contribution in [0.4, 0.5) is 8.78 Å². The second-order valence-corrected chi connectivity index (χ2v) is 4.66. The fourth-order valence-electron chi connectivity index (χ4n) is 2.51. The molecule has 1 aliphatic rings. The topological polar surface area (TPSA) is 3.24 Å². The molecule has 3 heteroatoms. The van der Waals surface area contributed by atoms with E-state index in [1.165, 1.54) is 18.2 Å². The summed E-state index contributed by atoms with van der Waals surface area (Å²) in [5.41, 5.74) is 0.506. The molecule has 1 fully saturated rings. The van der Waals surface area contributed by atoms with E-state index >= 15 is 0 Å². The third kappa shape index (κ3) is 2.09. The Balaban J connectivity index is 2.32. The summed E-state index contributed by atoms with van der Waals surface area (Å²) in [6, 6.07) is 4.14. The smallest absolute Gasteiger partial charge is 0.128 e. The van der Waals surface area contributed by atoms with E-state index in [-0.39, 0.29) is 17.7 Å². The molecule has 0 saturated carbocycles. The Hall–Kier alpha value is -0.960. The van der Waals surface area contributed by atoms with E-state index in [2.05, 4.69) is 18.7 Å². The van der Waals surface area contributed by atoms with Crippen molar-refractivity contribution < 1.29 is 8.78 Å². The molecule has 2 rings (SSSR count). The highest BCUT2D eigenvalue weighted by molar-refractivity contribution is 5.23. The van der Waals surface area contributed by atoms with Gasteiger partial charge in [0, 0.05) is 17.6 Å². The zero-order chi connectivity index (χ0) is 11.7. The molecule has 1 aliphatic heterocycles. The molecule has 16 heavy (non-hydrogen) atoms. The second kappa shape index (κ2) is 4.50. The molecule has 1 aromatic rings. The summed E-state index contributed by atoms with van der Waals surface area (Å²) in [6.07, 6.45) is 1.97. The molecule has 88 valence electrons. The van der Waals surface area contributed by atoms with E-state index in [0.717, 1.165) is 19.4 Å². The van der Waals surface area contributed by atoms with Gasteiger partial charge in [0.2, 0.25) is 0 Å². The van der Waals surface area contributed by atoms with Crippen LogP contribution in [0.15, 0.2) is 18.2 Å². The van der Waals surface area contributed by atoms with Crippen molar-refractivity contribution in [3.63, 3.8) is 0 Å². The van der Waals surface area contributed by atoms with Gasteiger partial charge >= 0.3 is 0 Å². The van der Waals surface area contributed by atoms with E-state index in [1.54, 1.807) is 0 Å². The monoisotopic (exact) mass is 225 g/mol. The molecular weight excluding hydrogens is 208 g/mol. The number of hydrogen-bond acceptors (Lipinski definition) is 1. The lowest BCUT2D eigenvalue weighted by Gasteiger charge is -2.28. The first-order valence-electron chi connectivity index (χ1n) is 5.80. The van der Waals surface area contributed by atoms with Crippen molar-refractivity contribution in [1.82, 2.24) is 4.90 Å². The predicted octanol–water partition coefficient (Wildman–Crippen LogP) is 3.51. The van der Waals surface area contributed by atoms with Crippen LogP contribution in [0.2, 0.25) is 0 Å². The van der Waals surface area contributed by atoms with Gasteiger partial charge in [0.05, 0.1) is 0 Å². The fourth-order valence-corrected chi connectivity index (χ4v) is 2.51. The molecule has 1 heterocycles. The SMILES string of the molecule is CC(C)N1CCC[C@H]1c1cc(F)ccc1F. The van der Waals surface area contributed by atoms with Crippen LogP contribution in [0, 0.1) is 11.6 Å². The van der Waals surface area contributed by atoms with Gasteiger partial charge in [0.1, 0.15) is 11.6 Å². The Bertz CT molecular complexity index is 376. The van der Waals surface area contributed by atoms with Crippen LogP contribution in [0.3, 0.4) is 0 Å². The van der Waals surface area contributed by atoms with Crippen LogP contribution < -0.4 is 0 Å². The summed E-state index contributed by atoms with van der Waals surface area (Å²) < 4.78 is 26.8. The van der Waals surface area contributed by atoms with Crippen molar-refractivity contribution in [2.75, 3.05) is 6.54 Å². The van der Waals surface area contributed by atoms with Crippen molar-refractivity contribution in [3.05, 3.63) is 35.4 Å². The summed E-state index contributed by atoms with van der Waals surface area (Å²) in [5, 5.41) is 0. The maximum absolute atomic E-state index is 13.7. The van der Waals surface area contributed by atoms with Gasteiger partial charge in [-0.25, -0.2) is 8.78 Å². The maximum Gasteiger partial charge on any atom is 0.128 e. The van der Waals surface area contributed by atoms with E-state index < -0.39 is 0 Å². The van der Waals surface area contributed by atoms with E-state index in [9.17, 15) is 8.78 Å². The molecule has 1 nitrogen and oxygen atoms in total. The molecule has 0 bridgehead atoms. The molecule has 0 amide bonds. The van der Waals surface area contributed by atoms with Crippen LogP contribution in [0.25, 0.3) is 0 Å². The van der Waals surface area contributed by atoms with Crippen molar-refractivity contribution in [2.24, 2.45) is 0 Å². The molecule has 0 radical (unpaired) electrons. The fraction of sp³-hybridized carbons (Fsp3) is 0.538. The molecule has 1 atom stereocenters. The molecule has 0 N–H and O–H groups in total. The lowest BCUT2D eigenvalue weighted by atomic mass is 10.0. The summed E-state index contributed by atoms with van der Waals surface area (Å²) in [7, 11) is 0. The zero-order valence-electron chi connectivity index (χ0n) is 9.71. The maximum atomic E-state index is 13.7. The normalized spacial score (nSPS) is 21.9. The van der Waals surface area contributed by atoms with Crippen LogP contribution in [-0.4, -0.2) is 17.5 Å². The molecule has 0 spiro atoms. The van der Waals surface area contributed by atoms with Crippen molar-refractivity contribution >= 4 is 0 Å². The highest BCUT2D eigenvalue weighted by Gasteiger charge is 2.29. The Morgan fingerprint density at radius 1 is 1.31 bits per heavy atom. The average Bonchev–Trinajstić information content (AvgIpc) is 2.70. The van der Waals surface area contributed by atoms with Gasteiger partial charge in [-0.1, -0.05) is 0 Å². The van der Waals surface area contributed by atoms with Crippen LogP contribution >= 0.6 is 0 Å². The molecule has 0 aromatic heterocycles. The first kappa shape index (κ1) is 11.5. The number of hydrogen-bond donors (Lipinski definition) is 0. The standard InChI is InChI=1S/C13H17F2N/c1-9(2)16-7-3-4-13(16)11-8-10(14)5-6-12(11)15/h5-6,8-9,13H,3-4,7H2,1-2H3/t13-/m0/s1. The van der Waals surface area contributed by atoms with Gasteiger partial charge in [-0.15, -0.1) is 0 Å². The van der Waals surface area contributed by atoms with Crippen LogP contribution in [0.1, 0.15) is 38.3 Å². The number of rotatable bonds is 2. The third-order valence-electron chi connectivity index (χ3n) is 3.27. The van der Waals surface area contributed by atoms with E-state index in [4.69, 9.17) is 0 Å². The average molecular weight is 225 g/mol. The summed E-state index contributed by atoms with van der Waals surface area (Å²) >= 11 is 0. The minimum absolute atomic E-state index is 0.0377. The zero-order valence-corrected chi connectivity index (χ0v) is 9.71. The van der Waals surface area contributed by atoms with Gasteiger partial charge < -0.3 is 0 Å². The molecule has 1 aromatic carbocycles. The Morgan fingerprint density at radius 3 is 2.75 bits per heavy atom. The minimum atomic E-state index is -0.355. The van der Waals surface area contributed by atoms with Crippen molar-refractivity contribution in [1.29, 1.82) is 0 Å². The molecular formula is C13H17F2N. The Morgan fingerprint density at radius 2 is 2.06 bits per heavy atom. The summed E-state index contributed by atoms with van der Waals surface area (Å²) in [5.74, 6) is -0.647. The first-order valence-corrected chi connectivity index (χ1v) is 5.80. The van der Waals surface area contributed by atoms with Gasteiger partial charge in [-0.2, -0.15) is 0 Å². The van der Waals surface area contributed by atoms with Gasteiger partial charge in [-0.3, -0.25) is 4.90 Å².